The van der Waals surface area contributed by atoms with Crippen LogP contribution in [0, 0.1) is 0 Å². The van der Waals surface area contributed by atoms with E-state index in [-0.39, 0.29) is 5.92 Å². The highest BCUT2D eigenvalue weighted by molar-refractivity contribution is 6.32. The third kappa shape index (κ3) is 2.51. The zero-order chi connectivity index (χ0) is 13.1. The number of rotatable bonds is 3. The number of aromatic nitrogens is 2. The topological polar surface area (TPSA) is 79.4 Å². The summed E-state index contributed by atoms with van der Waals surface area (Å²) in [5.41, 5.74) is 7.80. The lowest BCUT2D eigenvalue weighted by atomic mass is 10.1. The van der Waals surface area contributed by atoms with Crippen LogP contribution in [-0.2, 0) is 0 Å². The Balaban J connectivity index is 2.35. The summed E-state index contributed by atoms with van der Waals surface area (Å²) in [6.07, 6.45) is 0. The first-order chi connectivity index (χ1) is 8.59. The van der Waals surface area contributed by atoms with E-state index in [1.807, 2.05) is 26.0 Å². The van der Waals surface area contributed by atoms with Gasteiger partial charge in [0.25, 0.3) is 0 Å². The van der Waals surface area contributed by atoms with Crippen molar-refractivity contribution in [3.8, 4) is 0 Å². The van der Waals surface area contributed by atoms with Crippen molar-refractivity contribution in [2.75, 3.05) is 5.73 Å². The molecule has 1 aromatic carbocycles. The number of H-pyrrole nitrogens is 1. The molecule has 1 heterocycles. The van der Waals surface area contributed by atoms with E-state index in [4.69, 9.17) is 17.3 Å². The molecule has 18 heavy (non-hydrogen) atoms. The molecule has 5 nitrogen and oxygen atoms in total. The van der Waals surface area contributed by atoms with Crippen molar-refractivity contribution < 1.29 is 0 Å². The average molecular weight is 264 g/mol. The van der Waals surface area contributed by atoms with Gasteiger partial charge in [-0.3, -0.25) is 5.10 Å². The predicted octanol–water partition coefficient (Wildman–Crippen LogP) is 4.18. The van der Waals surface area contributed by atoms with Gasteiger partial charge in [-0.15, -0.1) is 10.2 Å². The summed E-state index contributed by atoms with van der Waals surface area (Å²) in [6, 6.07) is 7.24. The second-order valence-electron chi connectivity index (χ2n) is 4.18. The van der Waals surface area contributed by atoms with Gasteiger partial charge in [0, 0.05) is 0 Å². The number of aromatic amines is 1. The molecule has 2 rings (SSSR count). The van der Waals surface area contributed by atoms with Gasteiger partial charge in [0.1, 0.15) is 5.69 Å². The van der Waals surface area contributed by atoms with Gasteiger partial charge in [0.05, 0.1) is 10.7 Å². The second kappa shape index (κ2) is 5.18. The molecule has 2 aromatic rings. The normalized spacial score (nSPS) is 11.6. The summed E-state index contributed by atoms with van der Waals surface area (Å²) in [4.78, 5) is 0. The van der Waals surface area contributed by atoms with Crippen LogP contribution >= 0.6 is 11.6 Å². The maximum atomic E-state index is 6.00. The number of benzene rings is 1. The van der Waals surface area contributed by atoms with E-state index in [2.05, 4.69) is 20.4 Å². The van der Waals surface area contributed by atoms with E-state index >= 15 is 0 Å². The van der Waals surface area contributed by atoms with Gasteiger partial charge in [0.15, 0.2) is 11.5 Å². The monoisotopic (exact) mass is 263 g/mol. The molecule has 0 aliphatic heterocycles. The number of nitrogens with zero attached hydrogens (tertiary/aromatic N) is 3. The summed E-state index contributed by atoms with van der Waals surface area (Å²) < 4.78 is 0. The van der Waals surface area contributed by atoms with Gasteiger partial charge in [0.2, 0.25) is 0 Å². The fourth-order valence-corrected chi connectivity index (χ4v) is 1.68. The molecule has 0 amide bonds. The fourth-order valence-electron chi connectivity index (χ4n) is 1.51. The predicted molar refractivity (Wildman–Crippen MR) is 72.7 cm³/mol. The van der Waals surface area contributed by atoms with Crippen molar-refractivity contribution in [2.45, 2.75) is 19.8 Å². The molecule has 0 bridgehead atoms. The highest BCUT2D eigenvalue weighted by atomic mass is 35.5. The van der Waals surface area contributed by atoms with Crippen LogP contribution in [0.5, 0.6) is 0 Å². The molecule has 94 valence electrons. The molecule has 0 radical (unpaired) electrons. The van der Waals surface area contributed by atoms with E-state index in [1.54, 1.807) is 12.1 Å². The molecule has 0 aliphatic carbocycles. The minimum Gasteiger partial charge on any atom is -0.380 e. The highest BCUT2D eigenvalue weighted by Crippen LogP contribution is 2.32. The summed E-state index contributed by atoms with van der Waals surface area (Å²) in [5, 5.41) is 15.6. The first-order valence-electron chi connectivity index (χ1n) is 5.59. The van der Waals surface area contributed by atoms with Gasteiger partial charge in [-0.2, -0.15) is 5.10 Å². The van der Waals surface area contributed by atoms with Crippen LogP contribution in [0.15, 0.2) is 34.5 Å². The van der Waals surface area contributed by atoms with Crippen molar-refractivity contribution >= 4 is 28.8 Å². The average Bonchev–Trinajstić information content (AvgIpc) is 2.70. The number of nitrogens with two attached hydrogens (primary N) is 1. The molecule has 0 saturated heterocycles. The van der Waals surface area contributed by atoms with Crippen LogP contribution in [0.3, 0.4) is 0 Å². The summed E-state index contributed by atoms with van der Waals surface area (Å²) in [7, 11) is 0. The Morgan fingerprint density at radius 1 is 1.28 bits per heavy atom. The first-order valence-corrected chi connectivity index (χ1v) is 5.97. The van der Waals surface area contributed by atoms with Crippen molar-refractivity contribution in [3.05, 3.63) is 35.0 Å². The van der Waals surface area contributed by atoms with E-state index in [1.165, 1.54) is 0 Å². The molecule has 0 fully saturated rings. The van der Waals surface area contributed by atoms with Gasteiger partial charge in [-0.05, 0) is 18.1 Å². The van der Waals surface area contributed by atoms with Crippen molar-refractivity contribution in [3.63, 3.8) is 0 Å². The fraction of sp³-hybridized carbons (Fsp3) is 0.250. The van der Waals surface area contributed by atoms with Crippen molar-refractivity contribution in [2.24, 2.45) is 10.2 Å². The molecule has 0 atom stereocenters. The number of hydrogen-bond acceptors (Lipinski definition) is 4. The van der Waals surface area contributed by atoms with Gasteiger partial charge in [-0.25, -0.2) is 0 Å². The van der Waals surface area contributed by atoms with Gasteiger partial charge < -0.3 is 5.73 Å². The standard InChI is InChI=1S/C12H14ClN5/c1-7(2)10-11(12(14)18-16-10)17-15-9-6-4-3-5-8(9)13/h3-7H,1-2H3,(H3,14,16,18). The SMILES string of the molecule is CC(C)c1[nH]nc(N)c1N=Nc1ccccc1Cl. The molecule has 0 spiro atoms. The zero-order valence-corrected chi connectivity index (χ0v) is 10.9. The number of nitrogen functional groups attached to an aromatic ring is 1. The van der Waals surface area contributed by atoms with Crippen LogP contribution in [0.25, 0.3) is 0 Å². The quantitative estimate of drug-likeness (QED) is 0.815. The Labute approximate surface area is 110 Å². The van der Waals surface area contributed by atoms with Crippen LogP contribution in [0.2, 0.25) is 5.02 Å². The molecule has 3 N–H and O–H groups in total. The first kappa shape index (κ1) is 12.6. The maximum Gasteiger partial charge on any atom is 0.173 e. The Morgan fingerprint density at radius 3 is 2.67 bits per heavy atom. The van der Waals surface area contributed by atoms with Crippen LogP contribution in [0.4, 0.5) is 17.2 Å². The largest absolute Gasteiger partial charge is 0.380 e. The van der Waals surface area contributed by atoms with Crippen molar-refractivity contribution in [1.82, 2.24) is 10.2 Å². The Kier molecular flexibility index (Phi) is 3.62. The second-order valence-corrected chi connectivity index (χ2v) is 4.58. The van der Waals surface area contributed by atoms with E-state index in [0.717, 1.165) is 5.69 Å². The minimum absolute atomic E-state index is 0.245. The van der Waals surface area contributed by atoms with E-state index in [0.29, 0.717) is 22.2 Å². The smallest absolute Gasteiger partial charge is 0.173 e. The number of anilines is 1. The summed E-state index contributed by atoms with van der Waals surface area (Å²) >= 11 is 6.00. The molecular formula is C12H14ClN5. The van der Waals surface area contributed by atoms with Gasteiger partial charge in [-0.1, -0.05) is 37.6 Å². The third-order valence-corrected chi connectivity index (χ3v) is 2.80. The van der Waals surface area contributed by atoms with Crippen LogP contribution in [0.1, 0.15) is 25.5 Å². The maximum absolute atomic E-state index is 6.00. The van der Waals surface area contributed by atoms with Crippen LogP contribution < -0.4 is 5.73 Å². The van der Waals surface area contributed by atoms with E-state index in [9.17, 15) is 0 Å². The number of hydrogen-bond donors (Lipinski definition) is 2. The Hall–Kier alpha value is -1.88. The molecular weight excluding hydrogens is 250 g/mol. The van der Waals surface area contributed by atoms with Crippen LogP contribution in [-0.4, -0.2) is 10.2 Å². The minimum atomic E-state index is 0.245. The lowest BCUT2D eigenvalue weighted by molar-refractivity contribution is 0.809. The lowest BCUT2D eigenvalue weighted by Gasteiger charge is -2.01. The van der Waals surface area contributed by atoms with E-state index < -0.39 is 0 Å². The number of halogens is 1. The zero-order valence-electron chi connectivity index (χ0n) is 10.2. The lowest BCUT2D eigenvalue weighted by Crippen LogP contribution is -1.87. The summed E-state index contributed by atoms with van der Waals surface area (Å²) in [5.74, 6) is 0.587. The molecule has 1 aromatic heterocycles. The van der Waals surface area contributed by atoms with Gasteiger partial charge >= 0.3 is 0 Å². The van der Waals surface area contributed by atoms with Crippen molar-refractivity contribution in [1.29, 1.82) is 0 Å². The molecule has 0 aliphatic rings. The number of azo groups is 1. The number of nitrogens with one attached hydrogen (secondary N) is 1. The highest BCUT2D eigenvalue weighted by Gasteiger charge is 2.13. The summed E-state index contributed by atoms with van der Waals surface area (Å²) in [6.45, 7) is 4.06. The Morgan fingerprint density at radius 2 is 2.00 bits per heavy atom. The Bertz CT molecular complexity index is 574. The third-order valence-electron chi connectivity index (χ3n) is 2.48. The molecule has 6 heteroatoms. The molecule has 0 unspecified atom stereocenters. The molecule has 0 saturated carbocycles.